The van der Waals surface area contributed by atoms with Crippen LogP contribution < -0.4 is 10.6 Å². The molecule has 9 nitrogen and oxygen atoms in total. The predicted molar refractivity (Wildman–Crippen MR) is 135 cm³/mol. The second-order valence-corrected chi connectivity index (χ2v) is 7.98. The van der Waals surface area contributed by atoms with Gasteiger partial charge >= 0.3 is 5.97 Å². The zero-order chi connectivity index (χ0) is 26.1. The van der Waals surface area contributed by atoms with Crippen molar-refractivity contribution < 1.29 is 29.0 Å². The molecule has 3 aromatic rings. The van der Waals surface area contributed by atoms with Gasteiger partial charge in [0.2, 0.25) is 5.91 Å². The number of carbonyl (C=O) groups is 4. The Labute approximate surface area is 208 Å². The lowest BCUT2D eigenvalue weighted by molar-refractivity contribution is -0.140. The van der Waals surface area contributed by atoms with Crippen molar-refractivity contribution in [3.05, 3.63) is 95.6 Å². The number of hydrogen-bond acceptors (Lipinski definition) is 6. The number of nitrogens with one attached hydrogen (secondary N) is 2. The highest BCUT2D eigenvalue weighted by Crippen LogP contribution is 2.20. The highest BCUT2D eigenvalue weighted by molar-refractivity contribution is 6.12. The van der Waals surface area contributed by atoms with Gasteiger partial charge in [0.05, 0.1) is 36.2 Å². The quantitative estimate of drug-likeness (QED) is 0.397. The maximum atomic E-state index is 13.0. The van der Waals surface area contributed by atoms with Crippen LogP contribution in [0.4, 0.5) is 11.4 Å². The van der Waals surface area contributed by atoms with Crippen molar-refractivity contribution in [1.29, 1.82) is 0 Å². The van der Waals surface area contributed by atoms with E-state index in [1.165, 1.54) is 26.3 Å². The van der Waals surface area contributed by atoms with Gasteiger partial charge in [-0.05, 0) is 29.8 Å². The lowest BCUT2D eigenvalue weighted by Crippen LogP contribution is -2.41. The highest BCUT2D eigenvalue weighted by atomic mass is 16.5. The number of benzene rings is 3. The second-order valence-electron chi connectivity index (χ2n) is 7.98. The predicted octanol–water partition coefficient (Wildman–Crippen LogP) is 2.73. The number of aliphatic hydroxyl groups is 1. The third-order valence-corrected chi connectivity index (χ3v) is 5.34. The number of rotatable bonds is 9. The topological polar surface area (TPSA) is 125 Å². The van der Waals surface area contributed by atoms with Gasteiger partial charge in [0.15, 0.2) is 0 Å². The number of amides is 3. The third-order valence-electron chi connectivity index (χ3n) is 5.34. The van der Waals surface area contributed by atoms with Gasteiger partial charge in [-0.3, -0.25) is 14.4 Å². The molecule has 0 aliphatic heterocycles. The van der Waals surface area contributed by atoms with E-state index in [9.17, 15) is 24.3 Å². The Morgan fingerprint density at radius 1 is 0.833 bits per heavy atom. The van der Waals surface area contributed by atoms with E-state index in [-0.39, 0.29) is 35.5 Å². The van der Waals surface area contributed by atoms with E-state index in [4.69, 9.17) is 4.74 Å². The third kappa shape index (κ3) is 6.77. The molecule has 3 N–H and O–H groups in total. The molecular weight excluding hydrogens is 462 g/mol. The van der Waals surface area contributed by atoms with E-state index >= 15 is 0 Å². The maximum absolute atomic E-state index is 13.0. The van der Waals surface area contributed by atoms with Crippen molar-refractivity contribution >= 4 is 35.1 Å². The molecule has 3 aromatic carbocycles. The number of ether oxygens (including phenoxy) is 1. The first-order valence-electron chi connectivity index (χ1n) is 11.1. The first-order chi connectivity index (χ1) is 17.3. The Morgan fingerprint density at radius 3 is 2.03 bits per heavy atom. The fourth-order valence-electron chi connectivity index (χ4n) is 3.52. The molecule has 0 radical (unpaired) electrons. The van der Waals surface area contributed by atoms with Crippen LogP contribution in [0.3, 0.4) is 0 Å². The molecule has 3 amide bonds. The molecule has 36 heavy (non-hydrogen) atoms. The Bertz CT molecular complexity index is 1250. The van der Waals surface area contributed by atoms with Gasteiger partial charge in [-0.15, -0.1) is 0 Å². The first kappa shape index (κ1) is 26.1. The summed E-state index contributed by atoms with van der Waals surface area (Å²) >= 11 is 0. The minimum atomic E-state index is -1.29. The van der Waals surface area contributed by atoms with Crippen LogP contribution in [0.5, 0.6) is 0 Å². The lowest BCUT2D eigenvalue weighted by atomic mass is 10.1. The summed E-state index contributed by atoms with van der Waals surface area (Å²) in [6.07, 6.45) is -1.17. The van der Waals surface area contributed by atoms with E-state index in [0.29, 0.717) is 0 Å². The van der Waals surface area contributed by atoms with Crippen molar-refractivity contribution in [1.82, 2.24) is 4.90 Å². The van der Waals surface area contributed by atoms with E-state index in [1.54, 1.807) is 48.5 Å². The Hall–Kier alpha value is -4.50. The fourth-order valence-corrected chi connectivity index (χ4v) is 3.52. The Balaban J connectivity index is 1.65. The van der Waals surface area contributed by atoms with Crippen LogP contribution in [0.15, 0.2) is 78.9 Å². The summed E-state index contributed by atoms with van der Waals surface area (Å²) in [5, 5.41) is 15.6. The molecule has 0 heterocycles. The molecule has 0 aliphatic rings. The highest BCUT2D eigenvalue weighted by Gasteiger charge is 2.23. The maximum Gasteiger partial charge on any atom is 0.339 e. The molecule has 1 atom stereocenters. The number of hydrogen-bond donors (Lipinski definition) is 3. The van der Waals surface area contributed by atoms with Crippen LogP contribution in [0.1, 0.15) is 26.3 Å². The molecule has 0 unspecified atom stereocenters. The molecule has 0 bridgehead atoms. The SMILES string of the molecule is COC(=O)c1ccccc1NC(=O)c1ccccc1NC(=O)CN(C)C(=O)[C@H](O)Cc1ccccc1. The summed E-state index contributed by atoms with van der Waals surface area (Å²) in [7, 11) is 2.66. The van der Waals surface area contributed by atoms with E-state index in [0.717, 1.165) is 10.5 Å². The van der Waals surface area contributed by atoms with Crippen LogP contribution in [0.2, 0.25) is 0 Å². The molecule has 0 saturated carbocycles. The van der Waals surface area contributed by atoms with Crippen molar-refractivity contribution in [3.8, 4) is 0 Å². The van der Waals surface area contributed by atoms with E-state index in [2.05, 4.69) is 10.6 Å². The average Bonchev–Trinajstić information content (AvgIpc) is 2.88. The molecule has 0 fully saturated rings. The summed E-state index contributed by atoms with van der Waals surface area (Å²) in [4.78, 5) is 51.2. The number of carbonyl (C=O) groups excluding carboxylic acids is 4. The first-order valence-corrected chi connectivity index (χ1v) is 11.1. The van der Waals surface area contributed by atoms with Gasteiger partial charge in [-0.1, -0.05) is 54.6 Å². The Kier molecular flexibility index (Phi) is 8.90. The zero-order valence-corrected chi connectivity index (χ0v) is 19.9. The number of aliphatic hydroxyl groups excluding tert-OH is 1. The number of nitrogens with zero attached hydrogens (tertiary/aromatic N) is 1. The molecule has 0 aromatic heterocycles. The number of methoxy groups -OCH3 is 1. The number of esters is 1. The summed E-state index contributed by atoms with van der Waals surface area (Å²) in [5.41, 5.74) is 1.62. The van der Waals surface area contributed by atoms with Gasteiger partial charge in [-0.2, -0.15) is 0 Å². The minimum absolute atomic E-state index is 0.127. The van der Waals surface area contributed by atoms with Gasteiger partial charge in [0.1, 0.15) is 6.10 Å². The number of para-hydroxylation sites is 2. The molecular formula is C27H27N3O6. The number of likely N-dealkylation sites (N-methyl/N-ethyl adjacent to an activating group) is 1. The van der Waals surface area contributed by atoms with E-state index < -0.39 is 29.8 Å². The van der Waals surface area contributed by atoms with Gasteiger partial charge in [0.25, 0.3) is 11.8 Å². The molecule has 0 aliphatic carbocycles. The minimum Gasteiger partial charge on any atom is -0.465 e. The number of anilines is 2. The zero-order valence-electron chi connectivity index (χ0n) is 19.9. The van der Waals surface area contributed by atoms with Crippen molar-refractivity contribution in [2.45, 2.75) is 12.5 Å². The molecule has 3 rings (SSSR count). The summed E-state index contributed by atoms with van der Waals surface area (Å²) in [6, 6.07) is 21.8. The van der Waals surface area contributed by atoms with Crippen LogP contribution in [0.25, 0.3) is 0 Å². The average molecular weight is 490 g/mol. The van der Waals surface area contributed by atoms with Crippen LogP contribution in [-0.2, 0) is 20.7 Å². The van der Waals surface area contributed by atoms with Crippen molar-refractivity contribution in [2.24, 2.45) is 0 Å². The molecule has 0 spiro atoms. The van der Waals surface area contributed by atoms with Gasteiger partial charge < -0.3 is 25.4 Å². The summed E-state index contributed by atoms with van der Waals surface area (Å²) in [5.74, 6) is -2.30. The van der Waals surface area contributed by atoms with Gasteiger partial charge in [0, 0.05) is 13.5 Å². The van der Waals surface area contributed by atoms with Crippen molar-refractivity contribution in [3.63, 3.8) is 0 Å². The lowest BCUT2D eigenvalue weighted by Gasteiger charge is -2.21. The van der Waals surface area contributed by atoms with Gasteiger partial charge in [-0.25, -0.2) is 4.79 Å². The molecule has 9 heteroatoms. The standard InChI is InChI=1S/C27H27N3O6/c1-30(26(34)23(31)16-18-10-4-3-5-11-18)17-24(32)28-21-14-8-6-12-19(21)25(33)29-22-15-9-7-13-20(22)27(35)36-2/h3-15,23,31H,16-17H2,1-2H3,(H,28,32)(H,29,33)/t23-/m1/s1. The van der Waals surface area contributed by atoms with Crippen molar-refractivity contribution in [2.75, 3.05) is 31.3 Å². The second kappa shape index (κ2) is 12.3. The Morgan fingerprint density at radius 2 is 1.39 bits per heavy atom. The van der Waals surface area contributed by atoms with Crippen LogP contribution >= 0.6 is 0 Å². The molecule has 0 saturated heterocycles. The summed E-state index contributed by atoms with van der Waals surface area (Å²) < 4.78 is 4.75. The fraction of sp³-hybridized carbons (Fsp3) is 0.185. The monoisotopic (exact) mass is 489 g/mol. The molecule has 186 valence electrons. The smallest absolute Gasteiger partial charge is 0.339 e. The normalized spacial score (nSPS) is 11.2. The summed E-state index contributed by atoms with van der Waals surface area (Å²) in [6.45, 7) is -0.328. The van der Waals surface area contributed by atoms with E-state index in [1.807, 2.05) is 18.2 Å². The van der Waals surface area contributed by atoms with Crippen LogP contribution in [0, 0.1) is 0 Å². The largest absolute Gasteiger partial charge is 0.465 e. The van der Waals surface area contributed by atoms with Crippen LogP contribution in [-0.4, -0.2) is 60.5 Å².